The van der Waals surface area contributed by atoms with Crippen LogP contribution in [0.15, 0.2) is 12.7 Å². The lowest BCUT2D eigenvalue weighted by atomic mass is 10.6. The average Bonchev–Trinajstić information content (AvgIpc) is 1.90. The highest BCUT2D eigenvalue weighted by molar-refractivity contribution is 5.86. The highest BCUT2D eigenvalue weighted by atomic mass is 16.1. The molecule has 0 saturated carbocycles. The van der Waals surface area contributed by atoms with Crippen molar-refractivity contribution in [3.63, 3.8) is 0 Å². The fraction of sp³-hybridized carbons (Fsp3) is 0.571. The van der Waals surface area contributed by atoms with Crippen molar-refractivity contribution in [2.24, 2.45) is 0 Å². The van der Waals surface area contributed by atoms with Crippen molar-refractivity contribution in [3.05, 3.63) is 12.7 Å². The van der Waals surface area contributed by atoms with E-state index in [1.54, 1.807) is 0 Å². The van der Waals surface area contributed by atoms with E-state index in [9.17, 15) is 4.79 Å². The third kappa shape index (κ3) is 15.7. The number of carbonyl (C=O) groups excluding carboxylic acids is 1. The normalized spacial score (nSPS) is 7.10. The van der Waals surface area contributed by atoms with Crippen LogP contribution in [0.5, 0.6) is 0 Å². The van der Waals surface area contributed by atoms with Crippen LogP contribution in [-0.4, -0.2) is 26.5 Å². The van der Waals surface area contributed by atoms with Gasteiger partial charge in [-0.15, -0.1) is 0 Å². The Bertz CT molecular complexity index is 91.6. The second-order valence-electron chi connectivity index (χ2n) is 1.60. The predicted octanol–water partition coefficient (Wildman–Crippen LogP) is 0.144. The average molecular weight is 144 g/mol. The third-order valence-electron chi connectivity index (χ3n) is 0.536. The van der Waals surface area contributed by atoms with Crippen LogP contribution in [0.4, 0.5) is 0 Å². The van der Waals surface area contributed by atoms with Crippen LogP contribution in [0.25, 0.3) is 0 Å². The van der Waals surface area contributed by atoms with Crippen LogP contribution < -0.4 is 10.6 Å². The summed E-state index contributed by atoms with van der Waals surface area (Å²) >= 11 is 0. The van der Waals surface area contributed by atoms with Gasteiger partial charge in [-0.1, -0.05) is 6.58 Å². The first-order chi connectivity index (χ1) is 4.72. The maximum Gasteiger partial charge on any atom is 0.243 e. The van der Waals surface area contributed by atoms with Crippen molar-refractivity contribution in [1.82, 2.24) is 10.6 Å². The Morgan fingerprint density at radius 3 is 2.10 bits per heavy atom. The number of amides is 1. The smallest absolute Gasteiger partial charge is 0.243 e. The van der Waals surface area contributed by atoms with Crippen molar-refractivity contribution in [2.75, 3.05) is 20.6 Å². The highest BCUT2D eigenvalue weighted by Gasteiger charge is 1.83. The maximum absolute atomic E-state index is 10.2. The molecule has 0 radical (unpaired) electrons. The zero-order valence-corrected chi connectivity index (χ0v) is 6.90. The summed E-state index contributed by atoms with van der Waals surface area (Å²) in [6, 6.07) is 0. The van der Waals surface area contributed by atoms with Crippen LogP contribution in [0.2, 0.25) is 0 Å². The van der Waals surface area contributed by atoms with Crippen LogP contribution >= 0.6 is 0 Å². The molecule has 0 fully saturated rings. The van der Waals surface area contributed by atoms with E-state index < -0.39 is 0 Å². The van der Waals surface area contributed by atoms with Crippen molar-refractivity contribution in [2.45, 2.75) is 6.92 Å². The zero-order valence-electron chi connectivity index (χ0n) is 6.90. The van der Waals surface area contributed by atoms with E-state index in [1.807, 2.05) is 21.0 Å². The molecule has 1 amide bonds. The molecule has 0 aliphatic heterocycles. The molecule has 3 heteroatoms. The van der Waals surface area contributed by atoms with Gasteiger partial charge < -0.3 is 10.6 Å². The number of rotatable bonds is 2. The van der Waals surface area contributed by atoms with Gasteiger partial charge in [-0.05, 0) is 27.1 Å². The number of hydrogen-bond acceptors (Lipinski definition) is 2. The van der Waals surface area contributed by atoms with Gasteiger partial charge in [0.05, 0.1) is 0 Å². The van der Waals surface area contributed by atoms with Gasteiger partial charge in [0.1, 0.15) is 0 Å². The standard InChI is InChI=1S/C5H9NO.C2H7N/c1-3-5(7)6-4-2;1-3-2/h3H,1,4H2,2H3,(H,6,7);3H,1-2H3. The quantitative estimate of drug-likeness (QED) is 0.541. The van der Waals surface area contributed by atoms with Crippen molar-refractivity contribution in [1.29, 1.82) is 0 Å². The summed E-state index contributed by atoms with van der Waals surface area (Å²) in [7, 11) is 3.75. The predicted molar refractivity (Wildman–Crippen MR) is 43.9 cm³/mol. The van der Waals surface area contributed by atoms with E-state index in [4.69, 9.17) is 0 Å². The third-order valence-corrected chi connectivity index (χ3v) is 0.536. The molecule has 0 aliphatic rings. The number of carbonyl (C=O) groups is 1. The first-order valence-corrected chi connectivity index (χ1v) is 3.21. The molecule has 0 aliphatic carbocycles. The molecular weight excluding hydrogens is 128 g/mol. The minimum Gasteiger partial charge on any atom is -0.353 e. The van der Waals surface area contributed by atoms with Gasteiger partial charge in [-0.3, -0.25) is 4.79 Å². The monoisotopic (exact) mass is 144 g/mol. The van der Waals surface area contributed by atoms with E-state index in [0.717, 1.165) is 0 Å². The molecule has 0 spiro atoms. The summed E-state index contributed by atoms with van der Waals surface area (Å²) in [5.74, 6) is -0.109. The van der Waals surface area contributed by atoms with Crippen molar-refractivity contribution >= 4 is 5.91 Å². The Morgan fingerprint density at radius 2 is 2.00 bits per heavy atom. The maximum atomic E-state index is 10.2. The largest absolute Gasteiger partial charge is 0.353 e. The Morgan fingerprint density at radius 1 is 1.60 bits per heavy atom. The second kappa shape index (κ2) is 11.0. The summed E-state index contributed by atoms with van der Waals surface area (Å²) in [5.41, 5.74) is 0. The molecule has 3 nitrogen and oxygen atoms in total. The Labute approximate surface area is 62.5 Å². The van der Waals surface area contributed by atoms with Gasteiger partial charge in [0, 0.05) is 6.54 Å². The van der Waals surface area contributed by atoms with Crippen LogP contribution in [0.1, 0.15) is 6.92 Å². The lowest BCUT2D eigenvalue weighted by Gasteiger charge is -1.90. The molecule has 0 bridgehead atoms. The van der Waals surface area contributed by atoms with E-state index >= 15 is 0 Å². The van der Waals surface area contributed by atoms with Gasteiger partial charge in [-0.25, -0.2) is 0 Å². The molecule has 0 aromatic heterocycles. The summed E-state index contributed by atoms with van der Waals surface area (Å²) in [5, 5.41) is 5.29. The molecule has 0 unspecified atom stereocenters. The van der Waals surface area contributed by atoms with Crippen molar-refractivity contribution < 1.29 is 4.79 Å². The lowest BCUT2D eigenvalue weighted by Crippen LogP contribution is -2.19. The van der Waals surface area contributed by atoms with Crippen molar-refractivity contribution in [3.8, 4) is 0 Å². The Kier molecular flexibility index (Phi) is 13.1. The van der Waals surface area contributed by atoms with Crippen LogP contribution in [-0.2, 0) is 4.79 Å². The molecule has 0 atom stereocenters. The molecule has 2 N–H and O–H groups in total. The first-order valence-electron chi connectivity index (χ1n) is 3.21. The summed E-state index contributed by atoms with van der Waals surface area (Å²) < 4.78 is 0. The van der Waals surface area contributed by atoms with Crippen LogP contribution in [0.3, 0.4) is 0 Å². The molecule has 0 aromatic rings. The molecule has 0 saturated heterocycles. The molecule has 0 heterocycles. The molecule has 0 rings (SSSR count). The molecule has 0 aromatic carbocycles. The summed E-state index contributed by atoms with van der Waals surface area (Å²) in [6.45, 7) is 5.80. The van der Waals surface area contributed by atoms with Gasteiger partial charge in [0.25, 0.3) is 0 Å². The minimum atomic E-state index is -0.109. The van der Waals surface area contributed by atoms with Crippen LogP contribution in [0, 0.1) is 0 Å². The lowest BCUT2D eigenvalue weighted by molar-refractivity contribution is -0.116. The zero-order chi connectivity index (χ0) is 8.41. The number of likely N-dealkylation sites (N-methyl/N-ethyl adjacent to an activating group) is 1. The van der Waals surface area contributed by atoms with E-state index in [1.165, 1.54) is 6.08 Å². The summed E-state index contributed by atoms with van der Waals surface area (Å²) in [6.07, 6.45) is 1.25. The topological polar surface area (TPSA) is 41.1 Å². The Balaban J connectivity index is 0. The fourth-order valence-corrected chi connectivity index (χ4v) is 0.246. The van der Waals surface area contributed by atoms with Gasteiger partial charge in [-0.2, -0.15) is 0 Å². The Hall–Kier alpha value is -0.830. The van der Waals surface area contributed by atoms with Gasteiger partial charge in [0.2, 0.25) is 5.91 Å². The highest BCUT2D eigenvalue weighted by Crippen LogP contribution is 1.61. The first kappa shape index (κ1) is 11.9. The number of nitrogens with one attached hydrogen (secondary N) is 2. The second-order valence-corrected chi connectivity index (χ2v) is 1.60. The van der Waals surface area contributed by atoms with E-state index in [-0.39, 0.29) is 5.91 Å². The van der Waals surface area contributed by atoms with E-state index in [2.05, 4.69) is 17.2 Å². The fourth-order valence-electron chi connectivity index (χ4n) is 0.246. The van der Waals surface area contributed by atoms with Gasteiger partial charge in [0.15, 0.2) is 0 Å². The number of hydrogen-bond donors (Lipinski definition) is 2. The summed E-state index contributed by atoms with van der Waals surface area (Å²) in [4.78, 5) is 10.2. The SMILES string of the molecule is C=CC(=O)NCC.CNC. The minimum absolute atomic E-state index is 0.109. The van der Waals surface area contributed by atoms with Gasteiger partial charge >= 0.3 is 0 Å². The molecule has 60 valence electrons. The molecular formula is C7H16N2O. The molecule has 10 heavy (non-hydrogen) atoms. The van der Waals surface area contributed by atoms with E-state index in [0.29, 0.717) is 6.54 Å².